The van der Waals surface area contributed by atoms with Gasteiger partial charge in [-0.2, -0.15) is 4.98 Å². The Morgan fingerprint density at radius 1 is 1.13 bits per heavy atom. The van der Waals surface area contributed by atoms with E-state index in [0.717, 1.165) is 58.2 Å². The van der Waals surface area contributed by atoms with Gasteiger partial charge >= 0.3 is 0 Å². The molecule has 0 N–H and O–H groups in total. The van der Waals surface area contributed by atoms with Crippen LogP contribution in [-0.2, 0) is 16.0 Å². The Kier molecular flexibility index (Phi) is 5.98. The van der Waals surface area contributed by atoms with E-state index in [1.165, 1.54) is 25.7 Å². The summed E-state index contributed by atoms with van der Waals surface area (Å²) in [4.78, 5) is 27.6. The number of amides is 1. The van der Waals surface area contributed by atoms with Crippen LogP contribution < -0.4 is 0 Å². The second-order valence-corrected chi connectivity index (χ2v) is 9.43. The van der Waals surface area contributed by atoms with Crippen molar-refractivity contribution in [2.45, 2.75) is 69.8 Å². The van der Waals surface area contributed by atoms with Crippen LogP contribution in [0.4, 0.5) is 0 Å². The van der Waals surface area contributed by atoms with E-state index in [-0.39, 0.29) is 5.60 Å². The largest absolute Gasteiger partial charge is 0.375 e. The first-order valence-corrected chi connectivity index (χ1v) is 11.7. The fraction of sp³-hybridized carbons (Fsp3) is 0.696. The molecule has 3 fully saturated rings. The molecule has 2 aliphatic heterocycles. The lowest BCUT2D eigenvalue weighted by Crippen LogP contribution is -2.51. The minimum Gasteiger partial charge on any atom is -0.375 e. The van der Waals surface area contributed by atoms with Crippen molar-refractivity contribution in [3.8, 4) is 11.5 Å². The van der Waals surface area contributed by atoms with Crippen molar-refractivity contribution in [2.75, 3.05) is 19.7 Å². The predicted octanol–water partition coefficient (Wildman–Crippen LogP) is 3.44. The quantitative estimate of drug-likeness (QED) is 0.724. The summed E-state index contributed by atoms with van der Waals surface area (Å²) in [5, 5.41) is 4.06. The van der Waals surface area contributed by atoms with Gasteiger partial charge < -0.3 is 14.2 Å². The molecule has 0 radical (unpaired) electrons. The number of carbonyl (C=O) groups excluding carboxylic acids is 1. The van der Waals surface area contributed by atoms with Gasteiger partial charge in [0.2, 0.25) is 17.6 Å². The highest BCUT2D eigenvalue weighted by Crippen LogP contribution is 2.39. The zero-order chi connectivity index (χ0) is 21.1. The molecular weight excluding hydrogens is 394 g/mol. The molecule has 1 aliphatic carbocycles. The Hall–Kier alpha value is -2.35. The maximum Gasteiger partial charge on any atom is 0.227 e. The summed E-state index contributed by atoms with van der Waals surface area (Å²) >= 11 is 0. The van der Waals surface area contributed by atoms with E-state index < -0.39 is 0 Å². The lowest BCUT2D eigenvalue weighted by molar-refractivity contribution is -0.148. The minimum atomic E-state index is -0.110. The smallest absolute Gasteiger partial charge is 0.227 e. The molecule has 2 aromatic rings. The van der Waals surface area contributed by atoms with Crippen LogP contribution in [0.1, 0.15) is 63.7 Å². The number of carbonyl (C=O) groups is 1. The number of hydrogen-bond donors (Lipinski definition) is 0. The van der Waals surface area contributed by atoms with Crippen molar-refractivity contribution in [2.24, 2.45) is 11.8 Å². The highest BCUT2D eigenvalue weighted by molar-refractivity contribution is 5.76. The maximum atomic E-state index is 12.7. The molecule has 1 saturated carbocycles. The van der Waals surface area contributed by atoms with E-state index in [0.29, 0.717) is 35.2 Å². The third-order valence-electron chi connectivity index (χ3n) is 7.28. The summed E-state index contributed by atoms with van der Waals surface area (Å²) in [5.41, 5.74) is 0.511. The van der Waals surface area contributed by atoms with Gasteiger partial charge in [-0.3, -0.25) is 9.78 Å². The maximum absolute atomic E-state index is 12.7. The summed E-state index contributed by atoms with van der Waals surface area (Å²) in [7, 11) is 0. The van der Waals surface area contributed by atoms with Crippen LogP contribution in [0.5, 0.6) is 0 Å². The van der Waals surface area contributed by atoms with Crippen LogP contribution in [0, 0.1) is 11.8 Å². The molecule has 166 valence electrons. The molecule has 2 saturated heterocycles. The number of rotatable bonds is 5. The molecule has 5 rings (SSSR count). The van der Waals surface area contributed by atoms with E-state index >= 15 is 0 Å². The van der Waals surface area contributed by atoms with E-state index in [9.17, 15) is 4.79 Å². The number of piperidine rings is 1. The van der Waals surface area contributed by atoms with Crippen LogP contribution in [0.15, 0.2) is 23.1 Å². The van der Waals surface area contributed by atoms with Crippen LogP contribution >= 0.6 is 0 Å². The van der Waals surface area contributed by atoms with E-state index in [1.54, 1.807) is 18.6 Å². The highest BCUT2D eigenvalue weighted by atomic mass is 16.5. The molecule has 1 amide bonds. The molecule has 2 aromatic heterocycles. The molecule has 1 spiro atoms. The van der Waals surface area contributed by atoms with Gasteiger partial charge in [0, 0.05) is 44.9 Å². The van der Waals surface area contributed by atoms with Crippen LogP contribution in [0.25, 0.3) is 11.5 Å². The average Bonchev–Trinajstić information content (AvgIpc) is 3.47. The van der Waals surface area contributed by atoms with Crippen molar-refractivity contribution >= 4 is 5.91 Å². The molecule has 0 aromatic carbocycles. The summed E-state index contributed by atoms with van der Waals surface area (Å²) in [6, 6.07) is 0. The Bertz CT molecular complexity index is 872. The Balaban J connectivity index is 1.15. The van der Waals surface area contributed by atoms with Crippen LogP contribution in [-0.4, -0.2) is 56.2 Å². The van der Waals surface area contributed by atoms with E-state index in [4.69, 9.17) is 9.26 Å². The average molecular weight is 426 g/mol. The van der Waals surface area contributed by atoms with Gasteiger partial charge in [0.25, 0.3) is 0 Å². The fourth-order valence-electron chi connectivity index (χ4n) is 5.51. The first-order valence-electron chi connectivity index (χ1n) is 11.7. The molecule has 3 aliphatic rings. The standard InChI is InChI=1S/C23H31N5O3/c29-21(14-17-3-1-2-4-17)28-10-6-23(7-11-28)15-18(5-12-30-23)13-20-26-22(27-31-20)19-16-24-8-9-25-19/h8-9,16-18H,1-7,10-15H2. The number of nitrogens with zero attached hydrogens (tertiary/aromatic N) is 5. The summed E-state index contributed by atoms with van der Waals surface area (Å²) in [6.45, 7) is 2.39. The molecule has 31 heavy (non-hydrogen) atoms. The SMILES string of the molecule is O=C(CC1CCCC1)N1CCC2(CC1)CC(Cc1nc(-c3cnccn3)no1)CCO2. The molecule has 1 unspecified atom stereocenters. The summed E-state index contributed by atoms with van der Waals surface area (Å²) in [6.07, 6.45) is 15.2. The summed E-state index contributed by atoms with van der Waals surface area (Å²) in [5.74, 6) is 2.53. The molecule has 1 atom stereocenters. The second kappa shape index (κ2) is 9.02. The van der Waals surface area contributed by atoms with Crippen LogP contribution in [0.3, 0.4) is 0 Å². The number of ether oxygens (including phenoxy) is 1. The van der Waals surface area contributed by atoms with Crippen molar-refractivity contribution in [3.05, 3.63) is 24.5 Å². The summed E-state index contributed by atoms with van der Waals surface area (Å²) < 4.78 is 11.8. The van der Waals surface area contributed by atoms with Crippen molar-refractivity contribution < 1.29 is 14.1 Å². The third kappa shape index (κ3) is 4.79. The van der Waals surface area contributed by atoms with Gasteiger partial charge in [-0.25, -0.2) is 4.98 Å². The Morgan fingerprint density at radius 3 is 2.74 bits per heavy atom. The normalized spacial score (nSPS) is 24.0. The Morgan fingerprint density at radius 2 is 1.97 bits per heavy atom. The zero-order valence-electron chi connectivity index (χ0n) is 18.0. The lowest BCUT2D eigenvalue weighted by atomic mass is 9.78. The minimum absolute atomic E-state index is 0.110. The lowest BCUT2D eigenvalue weighted by Gasteiger charge is -2.46. The second-order valence-electron chi connectivity index (χ2n) is 9.43. The van der Waals surface area contributed by atoms with Gasteiger partial charge in [-0.1, -0.05) is 18.0 Å². The number of hydrogen-bond acceptors (Lipinski definition) is 7. The molecule has 8 heteroatoms. The van der Waals surface area contributed by atoms with Crippen molar-refractivity contribution in [1.82, 2.24) is 25.0 Å². The number of likely N-dealkylation sites (tertiary alicyclic amines) is 1. The fourth-order valence-corrected chi connectivity index (χ4v) is 5.51. The van der Waals surface area contributed by atoms with Crippen molar-refractivity contribution in [3.63, 3.8) is 0 Å². The van der Waals surface area contributed by atoms with E-state index in [1.807, 2.05) is 0 Å². The first-order chi connectivity index (χ1) is 15.2. The van der Waals surface area contributed by atoms with Crippen molar-refractivity contribution in [1.29, 1.82) is 0 Å². The number of aromatic nitrogens is 4. The molecular formula is C23H31N5O3. The van der Waals surface area contributed by atoms with Gasteiger partial charge in [0.15, 0.2) is 0 Å². The van der Waals surface area contributed by atoms with Gasteiger partial charge in [-0.05, 0) is 50.4 Å². The molecule has 0 bridgehead atoms. The highest BCUT2D eigenvalue weighted by Gasteiger charge is 2.41. The topological polar surface area (TPSA) is 94.2 Å². The Labute approximate surface area is 182 Å². The van der Waals surface area contributed by atoms with Gasteiger partial charge in [-0.15, -0.1) is 0 Å². The third-order valence-corrected chi connectivity index (χ3v) is 7.28. The molecule has 4 heterocycles. The molecule has 8 nitrogen and oxygen atoms in total. The predicted molar refractivity (Wildman–Crippen MR) is 113 cm³/mol. The van der Waals surface area contributed by atoms with Crippen LogP contribution in [0.2, 0.25) is 0 Å². The van der Waals surface area contributed by atoms with Gasteiger partial charge in [0.1, 0.15) is 5.69 Å². The zero-order valence-corrected chi connectivity index (χ0v) is 18.0. The van der Waals surface area contributed by atoms with E-state index in [2.05, 4.69) is 25.0 Å². The first kappa shape index (κ1) is 20.5. The monoisotopic (exact) mass is 425 g/mol. The van der Waals surface area contributed by atoms with Gasteiger partial charge in [0.05, 0.1) is 11.8 Å².